The molecule has 158 valence electrons. The lowest BCUT2D eigenvalue weighted by atomic mass is 9.94. The second-order valence-electron chi connectivity index (χ2n) is 8.44. The molecular weight excluding hydrogens is 386 g/mol. The summed E-state index contributed by atoms with van der Waals surface area (Å²) in [6.45, 7) is 7.51. The third-order valence-corrected chi connectivity index (χ3v) is 6.54. The molecule has 0 unspecified atom stereocenters. The van der Waals surface area contributed by atoms with Crippen LogP contribution in [0.2, 0.25) is 0 Å². The minimum atomic E-state index is -0.168. The van der Waals surface area contributed by atoms with E-state index in [1.165, 1.54) is 16.2 Å². The van der Waals surface area contributed by atoms with E-state index in [2.05, 4.69) is 41.0 Å². The van der Waals surface area contributed by atoms with Crippen LogP contribution in [0.3, 0.4) is 0 Å². The van der Waals surface area contributed by atoms with Crippen LogP contribution in [0.5, 0.6) is 0 Å². The van der Waals surface area contributed by atoms with E-state index >= 15 is 0 Å². The van der Waals surface area contributed by atoms with Gasteiger partial charge in [0.15, 0.2) is 0 Å². The van der Waals surface area contributed by atoms with E-state index < -0.39 is 0 Å². The lowest BCUT2D eigenvalue weighted by Gasteiger charge is -2.37. The zero-order valence-electron chi connectivity index (χ0n) is 17.9. The number of hydrogen-bond donors (Lipinski definition) is 0. The Kier molecular flexibility index (Phi) is 5.20. The number of aryl methyl sites for hydroxylation is 1. The van der Waals surface area contributed by atoms with Crippen molar-refractivity contribution >= 4 is 28.3 Å². The lowest BCUT2D eigenvalue weighted by Crippen LogP contribution is -2.47. The van der Waals surface area contributed by atoms with E-state index in [0.717, 1.165) is 49.9 Å². The molecule has 1 fully saturated rings. The van der Waals surface area contributed by atoms with Gasteiger partial charge in [0.05, 0.1) is 0 Å². The lowest BCUT2D eigenvalue weighted by molar-refractivity contribution is 0.0603. The molecule has 2 heterocycles. The topological polar surface area (TPSA) is 43.9 Å². The third kappa shape index (κ3) is 3.59. The highest BCUT2D eigenvalue weighted by atomic mass is 16.2. The number of amides is 2. The molecule has 0 saturated carbocycles. The van der Waals surface area contributed by atoms with Crippen LogP contribution in [-0.4, -0.2) is 60.9 Å². The summed E-state index contributed by atoms with van der Waals surface area (Å²) in [5, 5.41) is 1.74. The third-order valence-electron chi connectivity index (χ3n) is 6.54. The van der Waals surface area contributed by atoms with Crippen LogP contribution >= 0.6 is 0 Å². The number of carbonyl (C=O) groups is 2. The molecule has 2 amide bonds. The first-order valence-electron chi connectivity index (χ1n) is 11.0. The number of anilines is 1. The van der Waals surface area contributed by atoms with Gasteiger partial charge in [-0.1, -0.05) is 42.5 Å². The van der Waals surface area contributed by atoms with Crippen molar-refractivity contribution < 1.29 is 9.59 Å². The Balaban J connectivity index is 1.20. The summed E-state index contributed by atoms with van der Waals surface area (Å²) >= 11 is 0. The van der Waals surface area contributed by atoms with E-state index in [1.807, 2.05) is 36.4 Å². The Hall–Kier alpha value is -3.18. The van der Waals surface area contributed by atoms with Crippen LogP contribution in [0.4, 0.5) is 5.69 Å². The van der Waals surface area contributed by atoms with E-state index in [4.69, 9.17) is 0 Å². The Morgan fingerprint density at radius 1 is 0.742 bits per heavy atom. The van der Waals surface area contributed by atoms with Crippen LogP contribution < -0.4 is 4.90 Å². The first-order chi connectivity index (χ1) is 15.1. The van der Waals surface area contributed by atoms with Gasteiger partial charge in [-0.25, -0.2) is 0 Å². The quantitative estimate of drug-likeness (QED) is 0.594. The Morgan fingerprint density at radius 2 is 1.39 bits per heavy atom. The summed E-state index contributed by atoms with van der Waals surface area (Å²) < 4.78 is 0. The molecule has 3 aromatic rings. The van der Waals surface area contributed by atoms with Gasteiger partial charge in [-0.05, 0) is 49.0 Å². The average Bonchev–Trinajstić information content (AvgIpc) is 2.80. The van der Waals surface area contributed by atoms with E-state index in [1.54, 1.807) is 0 Å². The monoisotopic (exact) mass is 413 g/mol. The summed E-state index contributed by atoms with van der Waals surface area (Å²) in [4.78, 5) is 32.3. The number of nitrogens with zero attached hydrogens (tertiary/aromatic N) is 3. The number of piperazine rings is 1. The number of hydrogen-bond acceptors (Lipinski definition) is 4. The van der Waals surface area contributed by atoms with Gasteiger partial charge in [0.2, 0.25) is 0 Å². The van der Waals surface area contributed by atoms with Crippen molar-refractivity contribution in [2.24, 2.45) is 0 Å². The molecule has 0 radical (unpaired) electrons. The smallest absolute Gasteiger partial charge is 0.261 e. The van der Waals surface area contributed by atoms with Crippen molar-refractivity contribution in [1.29, 1.82) is 0 Å². The molecule has 3 aromatic carbocycles. The molecule has 0 spiro atoms. The summed E-state index contributed by atoms with van der Waals surface area (Å²) in [5.74, 6) is -0.336. The second-order valence-corrected chi connectivity index (χ2v) is 8.44. The molecule has 2 aliphatic heterocycles. The maximum absolute atomic E-state index is 13.0. The first-order valence-corrected chi connectivity index (χ1v) is 11.0. The number of para-hydroxylation sites is 1. The highest BCUT2D eigenvalue weighted by Crippen LogP contribution is 2.30. The van der Waals surface area contributed by atoms with Gasteiger partial charge in [0, 0.05) is 54.9 Å². The minimum Gasteiger partial charge on any atom is -0.369 e. The second kappa shape index (κ2) is 8.16. The summed E-state index contributed by atoms with van der Waals surface area (Å²) in [6, 6.07) is 19.9. The van der Waals surface area contributed by atoms with Crippen molar-refractivity contribution in [3.05, 3.63) is 77.4 Å². The molecule has 0 N–H and O–H groups in total. The molecule has 0 bridgehead atoms. The van der Waals surface area contributed by atoms with Crippen molar-refractivity contribution in [2.45, 2.75) is 13.3 Å². The summed E-state index contributed by atoms with van der Waals surface area (Å²) in [6.07, 6.45) is 0.792. The minimum absolute atomic E-state index is 0.168. The van der Waals surface area contributed by atoms with E-state index in [9.17, 15) is 9.59 Å². The summed E-state index contributed by atoms with van der Waals surface area (Å²) in [7, 11) is 0. The molecule has 0 aromatic heterocycles. The first kappa shape index (κ1) is 19.8. The fourth-order valence-corrected chi connectivity index (χ4v) is 4.87. The Morgan fingerprint density at radius 3 is 2.03 bits per heavy atom. The molecule has 5 heteroatoms. The number of rotatable bonds is 5. The predicted molar refractivity (Wildman–Crippen MR) is 124 cm³/mol. The average molecular weight is 414 g/mol. The maximum Gasteiger partial charge on any atom is 0.261 e. The number of imide groups is 1. The van der Waals surface area contributed by atoms with E-state index in [-0.39, 0.29) is 11.8 Å². The molecule has 31 heavy (non-hydrogen) atoms. The zero-order valence-corrected chi connectivity index (χ0v) is 17.9. The molecule has 0 aliphatic carbocycles. The van der Waals surface area contributed by atoms with E-state index in [0.29, 0.717) is 17.7 Å². The molecule has 0 atom stereocenters. The fraction of sp³-hybridized carbons (Fsp3) is 0.308. The molecule has 2 aliphatic rings. The predicted octanol–water partition coefficient (Wildman–Crippen LogP) is 3.96. The molecular formula is C26H27N3O2. The number of benzene rings is 3. The number of carbonyl (C=O) groups excluding carboxylic acids is 2. The van der Waals surface area contributed by atoms with Gasteiger partial charge in [0.25, 0.3) is 11.8 Å². The van der Waals surface area contributed by atoms with Gasteiger partial charge in [-0.2, -0.15) is 0 Å². The standard InChI is InChI=1S/C26H27N3O2/c1-19-7-2-3-12-23(19)28-17-15-27(16-18-28)13-6-14-29-25(30)21-10-4-8-20-9-5-11-22(24(20)21)26(29)31/h2-5,7-12H,6,13-18H2,1H3. The largest absolute Gasteiger partial charge is 0.369 e. The van der Waals surface area contributed by atoms with Crippen molar-refractivity contribution in [2.75, 3.05) is 44.2 Å². The Bertz CT molecular complexity index is 1100. The summed E-state index contributed by atoms with van der Waals surface area (Å²) in [5.41, 5.74) is 3.91. The molecule has 5 rings (SSSR count). The van der Waals surface area contributed by atoms with Crippen LogP contribution in [0.25, 0.3) is 10.8 Å². The van der Waals surface area contributed by atoms with Gasteiger partial charge in [-0.15, -0.1) is 0 Å². The van der Waals surface area contributed by atoms with Crippen LogP contribution in [-0.2, 0) is 0 Å². The van der Waals surface area contributed by atoms with Gasteiger partial charge >= 0.3 is 0 Å². The highest BCUT2D eigenvalue weighted by Gasteiger charge is 2.32. The molecule has 1 saturated heterocycles. The highest BCUT2D eigenvalue weighted by molar-refractivity contribution is 6.25. The van der Waals surface area contributed by atoms with Crippen molar-refractivity contribution in [3.8, 4) is 0 Å². The van der Waals surface area contributed by atoms with Gasteiger partial charge in [0.1, 0.15) is 0 Å². The van der Waals surface area contributed by atoms with Crippen LogP contribution in [0, 0.1) is 6.92 Å². The SMILES string of the molecule is Cc1ccccc1N1CCN(CCCN2C(=O)c3cccc4cccc(c34)C2=O)CC1. The van der Waals surface area contributed by atoms with Gasteiger partial charge in [-0.3, -0.25) is 19.4 Å². The Labute approximate surface area is 182 Å². The van der Waals surface area contributed by atoms with Crippen LogP contribution in [0.15, 0.2) is 60.7 Å². The zero-order chi connectivity index (χ0) is 21.4. The maximum atomic E-state index is 13.0. The van der Waals surface area contributed by atoms with Crippen molar-refractivity contribution in [1.82, 2.24) is 9.80 Å². The normalized spacial score (nSPS) is 16.9. The van der Waals surface area contributed by atoms with Crippen LogP contribution in [0.1, 0.15) is 32.7 Å². The molecule has 5 nitrogen and oxygen atoms in total. The van der Waals surface area contributed by atoms with Crippen molar-refractivity contribution in [3.63, 3.8) is 0 Å². The van der Waals surface area contributed by atoms with Gasteiger partial charge < -0.3 is 4.90 Å². The fourth-order valence-electron chi connectivity index (χ4n) is 4.87.